The molecule has 16 heavy (non-hydrogen) atoms. The summed E-state index contributed by atoms with van der Waals surface area (Å²) in [6.07, 6.45) is 5.31. The number of hydrogen-bond donors (Lipinski definition) is 0. The highest BCUT2D eigenvalue weighted by Crippen LogP contribution is 2.12. The Morgan fingerprint density at radius 2 is 1.81 bits per heavy atom. The molecule has 0 N–H and O–H groups in total. The fraction of sp³-hybridized carbons (Fsp3) is 0.750. The summed E-state index contributed by atoms with van der Waals surface area (Å²) in [5.74, 6) is -2.12. The van der Waals surface area contributed by atoms with Gasteiger partial charge >= 0.3 is 11.8 Å². The van der Waals surface area contributed by atoms with Crippen molar-refractivity contribution < 1.29 is 19.1 Å². The number of esters is 1. The predicted octanol–water partition coefficient (Wildman–Crippen LogP) is 2.05. The summed E-state index contributed by atoms with van der Waals surface area (Å²) in [5.41, 5.74) is 0. The second kappa shape index (κ2) is 9.07. The van der Waals surface area contributed by atoms with Gasteiger partial charge in [0.2, 0.25) is 0 Å². The highest BCUT2D eigenvalue weighted by molar-refractivity contribution is 6.55. The molecule has 0 saturated carbocycles. The number of rotatable bonds is 9. The lowest BCUT2D eigenvalue weighted by atomic mass is 10.1. The molecule has 0 aliphatic heterocycles. The summed E-state index contributed by atoms with van der Waals surface area (Å²) >= 11 is 0. The molecule has 92 valence electrons. The number of carbonyl (C=O) groups is 3. The molecule has 0 heterocycles. The Balaban J connectivity index is 4.05. The molecule has 0 radical (unpaired) electrons. The van der Waals surface area contributed by atoms with Crippen molar-refractivity contribution in [3.8, 4) is 0 Å². The largest absolute Gasteiger partial charge is 0.456 e. The van der Waals surface area contributed by atoms with Crippen LogP contribution >= 0.6 is 0 Å². The van der Waals surface area contributed by atoms with Gasteiger partial charge in [0.15, 0.2) is 6.29 Å². The van der Waals surface area contributed by atoms with Gasteiger partial charge in [-0.1, -0.05) is 33.1 Å². The van der Waals surface area contributed by atoms with Crippen LogP contribution in [0.3, 0.4) is 0 Å². The van der Waals surface area contributed by atoms with Crippen molar-refractivity contribution in [1.82, 2.24) is 0 Å². The Labute approximate surface area is 96.4 Å². The lowest BCUT2D eigenvalue weighted by molar-refractivity contribution is -0.159. The molecular weight excluding hydrogens is 208 g/mol. The third-order valence-corrected chi connectivity index (χ3v) is 2.32. The van der Waals surface area contributed by atoms with Gasteiger partial charge in [0, 0.05) is 0 Å². The van der Waals surface area contributed by atoms with Crippen LogP contribution in [0.25, 0.3) is 0 Å². The lowest BCUT2D eigenvalue weighted by Crippen LogP contribution is -2.25. The van der Waals surface area contributed by atoms with Crippen molar-refractivity contribution in [3.05, 3.63) is 0 Å². The molecule has 0 aromatic heterocycles. The third kappa shape index (κ3) is 6.32. The number of hydrogen-bond acceptors (Lipinski definition) is 4. The zero-order valence-corrected chi connectivity index (χ0v) is 10.0. The lowest BCUT2D eigenvalue weighted by Gasteiger charge is -2.15. The van der Waals surface area contributed by atoms with Gasteiger partial charge in [0.1, 0.15) is 6.10 Å². The minimum atomic E-state index is -1.10. The van der Waals surface area contributed by atoms with Crippen LogP contribution in [0, 0.1) is 0 Å². The second-order valence-electron chi connectivity index (χ2n) is 3.79. The molecule has 0 fully saturated rings. The molecule has 1 unspecified atom stereocenters. The maximum atomic E-state index is 11.1. The zero-order chi connectivity index (χ0) is 12.4. The molecular formula is C12H20O4. The smallest absolute Gasteiger partial charge is 0.382 e. The minimum absolute atomic E-state index is 0.00260. The molecule has 4 nitrogen and oxygen atoms in total. The van der Waals surface area contributed by atoms with Gasteiger partial charge in [-0.05, 0) is 19.3 Å². The summed E-state index contributed by atoms with van der Waals surface area (Å²) in [5, 5.41) is 0. The summed E-state index contributed by atoms with van der Waals surface area (Å²) in [7, 11) is 0. The van der Waals surface area contributed by atoms with E-state index in [0.29, 0.717) is 0 Å². The predicted molar refractivity (Wildman–Crippen MR) is 60.0 cm³/mol. The molecule has 0 bridgehead atoms. The SMILES string of the molecule is CCCCCC(CCC)OC(=O)C(=O)C=O. The average molecular weight is 228 g/mol. The maximum Gasteiger partial charge on any atom is 0.382 e. The monoisotopic (exact) mass is 228 g/mol. The van der Waals surface area contributed by atoms with Crippen LogP contribution in [-0.4, -0.2) is 24.1 Å². The van der Waals surface area contributed by atoms with E-state index < -0.39 is 11.8 Å². The van der Waals surface area contributed by atoms with Crippen LogP contribution in [0.2, 0.25) is 0 Å². The summed E-state index contributed by atoms with van der Waals surface area (Å²) in [4.78, 5) is 31.9. The van der Waals surface area contributed by atoms with Crippen LogP contribution in [-0.2, 0) is 19.1 Å². The first kappa shape index (κ1) is 14.8. The van der Waals surface area contributed by atoms with E-state index in [9.17, 15) is 14.4 Å². The first-order chi connectivity index (χ1) is 7.65. The van der Waals surface area contributed by atoms with Crippen molar-refractivity contribution >= 4 is 18.0 Å². The number of carbonyl (C=O) groups excluding carboxylic acids is 3. The number of aldehydes is 1. The second-order valence-corrected chi connectivity index (χ2v) is 3.79. The van der Waals surface area contributed by atoms with Gasteiger partial charge in [-0.2, -0.15) is 0 Å². The molecule has 1 atom stereocenters. The Morgan fingerprint density at radius 3 is 2.31 bits per heavy atom. The van der Waals surface area contributed by atoms with Gasteiger partial charge in [-0.25, -0.2) is 4.79 Å². The first-order valence-corrected chi connectivity index (χ1v) is 5.85. The van der Waals surface area contributed by atoms with E-state index in [1.807, 2.05) is 6.92 Å². The van der Waals surface area contributed by atoms with Crippen molar-refractivity contribution in [2.45, 2.75) is 58.5 Å². The highest BCUT2D eigenvalue weighted by atomic mass is 16.5. The van der Waals surface area contributed by atoms with E-state index in [2.05, 4.69) is 6.92 Å². The molecule has 0 spiro atoms. The number of unbranched alkanes of at least 4 members (excludes halogenated alkanes) is 2. The first-order valence-electron chi connectivity index (χ1n) is 5.85. The van der Waals surface area contributed by atoms with Crippen molar-refractivity contribution in [3.63, 3.8) is 0 Å². The van der Waals surface area contributed by atoms with Crippen LogP contribution in [0.4, 0.5) is 0 Å². The third-order valence-electron chi connectivity index (χ3n) is 2.32. The Bertz CT molecular complexity index is 235. The minimum Gasteiger partial charge on any atom is -0.456 e. The van der Waals surface area contributed by atoms with E-state index in [4.69, 9.17) is 4.74 Å². The average Bonchev–Trinajstić information content (AvgIpc) is 2.28. The molecule has 0 aromatic rings. The number of Topliss-reactive ketones (excluding diaryl/α,β-unsaturated/α-hetero) is 1. The molecule has 0 rings (SSSR count). The molecule has 0 aliphatic rings. The number of ketones is 1. The zero-order valence-electron chi connectivity index (χ0n) is 10.0. The molecule has 0 amide bonds. The van der Waals surface area contributed by atoms with E-state index in [-0.39, 0.29) is 12.4 Å². The quantitative estimate of drug-likeness (QED) is 0.199. The standard InChI is InChI=1S/C12H20O4/c1-3-5-6-8-10(7-4-2)16-12(15)11(14)9-13/h9-10H,3-8H2,1-2H3. The van der Waals surface area contributed by atoms with Crippen LogP contribution in [0.1, 0.15) is 52.4 Å². The highest BCUT2D eigenvalue weighted by Gasteiger charge is 2.19. The Kier molecular flexibility index (Phi) is 8.39. The van der Waals surface area contributed by atoms with Crippen LogP contribution < -0.4 is 0 Å². The van der Waals surface area contributed by atoms with Gasteiger partial charge in [-0.15, -0.1) is 0 Å². The Hall–Kier alpha value is -1.19. The van der Waals surface area contributed by atoms with Gasteiger partial charge < -0.3 is 4.74 Å². The van der Waals surface area contributed by atoms with E-state index in [1.165, 1.54) is 0 Å². The molecule has 4 heteroatoms. The summed E-state index contributed by atoms with van der Waals surface area (Å²) in [6.45, 7) is 4.08. The van der Waals surface area contributed by atoms with Crippen molar-refractivity contribution in [2.24, 2.45) is 0 Å². The fourth-order valence-electron chi connectivity index (χ4n) is 1.46. The molecule has 0 aliphatic carbocycles. The fourth-order valence-corrected chi connectivity index (χ4v) is 1.46. The molecule has 0 aromatic carbocycles. The van der Waals surface area contributed by atoms with E-state index in [1.54, 1.807) is 0 Å². The number of ether oxygens (including phenoxy) is 1. The summed E-state index contributed by atoms with van der Waals surface area (Å²) < 4.78 is 4.97. The van der Waals surface area contributed by atoms with Crippen molar-refractivity contribution in [2.75, 3.05) is 0 Å². The van der Waals surface area contributed by atoms with Gasteiger partial charge in [0.25, 0.3) is 0 Å². The topological polar surface area (TPSA) is 60.4 Å². The summed E-state index contributed by atoms with van der Waals surface area (Å²) in [6, 6.07) is 0. The van der Waals surface area contributed by atoms with Crippen LogP contribution in [0.5, 0.6) is 0 Å². The van der Waals surface area contributed by atoms with E-state index in [0.717, 1.165) is 38.5 Å². The van der Waals surface area contributed by atoms with Crippen LogP contribution in [0.15, 0.2) is 0 Å². The van der Waals surface area contributed by atoms with E-state index >= 15 is 0 Å². The van der Waals surface area contributed by atoms with Crippen molar-refractivity contribution in [1.29, 1.82) is 0 Å². The van der Waals surface area contributed by atoms with Gasteiger partial charge in [-0.3, -0.25) is 9.59 Å². The maximum absolute atomic E-state index is 11.1. The molecule has 0 saturated heterocycles. The Morgan fingerprint density at radius 1 is 1.12 bits per heavy atom. The normalized spacial score (nSPS) is 11.9. The van der Waals surface area contributed by atoms with Gasteiger partial charge in [0.05, 0.1) is 0 Å².